The molecular formula is C18H14N4O6S2. The van der Waals surface area contributed by atoms with Gasteiger partial charge in [-0.1, -0.05) is 24.3 Å². The molecule has 0 spiro atoms. The van der Waals surface area contributed by atoms with Crippen molar-refractivity contribution in [2.75, 3.05) is 4.72 Å². The number of rotatable bonds is 6. The number of nitro groups is 1. The molecule has 12 heteroatoms. The smallest absolute Gasteiger partial charge is 0.271 e. The Kier molecular flexibility index (Phi) is 6.09. The number of anilines is 1. The van der Waals surface area contributed by atoms with Crippen LogP contribution in [0.5, 0.6) is 0 Å². The zero-order valence-electron chi connectivity index (χ0n) is 15.1. The van der Waals surface area contributed by atoms with Crippen LogP contribution in [0.25, 0.3) is 0 Å². The van der Waals surface area contributed by atoms with Crippen LogP contribution in [0.1, 0.15) is 20.7 Å². The summed E-state index contributed by atoms with van der Waals surface area (Å²) in [6.07, 6.45) is 0. The van der Waals surface area contributed by atoms with Crippen LogP contribution in [0.15, 0.2) is 70.3 Å². The first-order valence-corrected chi connectivity index (χ1v) is 10.6. The van der Waals surface area contributed by atoms with Gasteiger partial charge in [-0.25, -0.2) is 8.42 Å². The van der Waals surface area contributed by atoms with Gasteiger partial charge < -0.3 is 0 Å². The van der Waals surface area contributed by atoms with Gasteiger partial charge in [0.25, 0.3) is 27.5 Å². The Morgan fingerprint density at radius 2 is 1.67 bits per heavy atom. The zero-order valence-corrected chi connectivity index (χ0v) is 16.7. The molecule has 1 heterocycles. The molecule has 3 aromatic rings. The standard InChI is InChI=1S/C18H14N4O6S2/c23-17(12-5-3-6-13(11-12)22(25)26)19-20-18(24)14-7-1-2-8-15(14)21-30(27,28)16-9-4-10-29-16/h1-11,21H,(H,19,23)(H,20,24). The topological polar surface area (TPSA) is 148 Å². The number of hydrogen-bond donors (Lipinski definition) is 3. The van der Waals surface area contributed by atoms with E-state index >= 15 is 0 Å². The Balaban J connectivity index is 1.73. The SMILES string of the molecule is O=C(NNC(=O)c1ccccc1NS(=O)(=O)c1cccs1)c1cccc([N+](=O)[O-])c1. The summed E-state index contributed by atoms with van der Waals surface area (Å²) in [5.41, 5.74) is 3.99. The molecule has 0 radical (unpaired) electrons. The number of carbonyl (C=O) groups excluding carboxylic acids is 2. The molecule has 0 bridgehead atoms. The summed E-state index contributed by atoms with van der Waals surface area (Å²) in [7, 11) is -3.88. The van der Waals surface area contributed by atoms with Crippen molar-refractivity contribution in [3.8, 4) is 0 Å². The minimum atomic E-state index is -3.88. The average Bonchev–Trinajstić information content (AvgIpc) is 3.28. The van der Waals surface area contributed by atoms with Crippen molar-refractivity contribution >= 4 is 44.5 Å². The molecule has 0 aliphatic carbocycles. The van der Waals surface area contributed by atoms with Gasteiger partial charge in [-0.15, -0.1) is 11.3 Å². The number of non-ortho nitro benzene ring substituents is 1. The van der Waals surface area contributed by atoms with Crippen LogP contribution in [0, 0.1) is 10.1 Å². The zero-order chi connectivity index (χ0) is 21.7. The van der Waals surface area contributed by atoms with Gasteiger partial charge in [-0.05, 0) is 29.6 Å². The molecule has 0 saturated heterocycles. The Bertz CT molecular complexity index is 1210. The highest BCUT2D eigenvalue weighted by molar-refractivity contribution is 7.94. The maximum Gasteiger partial charge on any atom is 0.271 e. The minimum Gasteiger partial charge on any atom is -0.278 e. The van der Waals surface area contributed by atoms with Gasteiger partial charge in [-0.2, -0.15) is 0 Å². The second-order valence-corrected chi connectivity index (χ2v) is 8.66. The minimum absolute atomic E-state index is 0.0213. The normalized spacial score (nSPS) is 10.8. The summed E-state index contributed by atoms with van der Waals surface area (Å²) in [6, 6.07) is 13.8. The molecule has 3 N–H and O–H groups in total. The molecular weight excluding hydrogens is 432 g/mol. The van der Waals surface area contributed by atoms with E-state index in [1.165, 1.54) is 42.5 Å². The fourth-order valence-corrected chi connectivity index (χ4v) is 4.47. The predicted molar refractivity (Wildman–Crippen MR) is 110 cm³/mol. The number of amides is 2. The number of hydrogen-bond acceptors (Lipinski definition) is 7. The third kappa shape index (κ3) is 4.79. The lowest BCUT2D eigenvalue weighted by Crippen LogP contribution is -2.41. The van der Waals surface area contributed by atoms with Crippen molar-refractivity contribution in [3.05, 3.63) is 87.3 Å². The summed E-state index contributed by atoms with van der Waals surface area (Å²) in [5.74, 6) is -1.55. The molecule has 154 valence electrons. The summed E-state index contributed by atoms with van der Waals surface area (Å²) in [5, 5.41) is 12.4. The summed E-state index contributed by atoms with van der Waals surface area (Å²) in [6.45, 7) is 0. The average molecular weight is 446 g/mol. The molecule has 30 heavy (non-hydrogen) atoms. The Morgan fingerprint density at radius 3 is 2.37 bits per heavy atom. The number of sulfonamides is 1. The van der Waals surface area contributed by atoms with Gasteiger partial charge >= 0.3 is 0 Å². The summed E-state index contributed by atoms with van der Waals surface area (Å²) >= 11 is 1.02. The number of benzene rings is 2. The van der Waals surface area contributed by atoms with E-state index in [-0.39, 0.29) is 26.7 Å². The van der Waals surface area contributed by atoms with E-state index < -0.39 is 26.8 Å². The van der Waals surface area contributed by atoms with E-state index in [9.17, 15) is 28.1 Å². The quantitative estimate of drug-likeness (QED) is 0.391. The lowest BCUT2D eigenvalue weighted by atomic mass is 10.2. The molecule has 0 aliphatic rings. The van der Waals surface area contributed by atoms with Crippen LogP contribution in [0.2, 0.25) is 0 Å². The van der Waals surface area contributed by atoms with Crippen molar-refractivity contribution in [1.29, 1.82) is 0 Å². The highest BCUT2D eigenvalue weighted by Crippen LogP contribution is 2.22. The Morgan fingerprint density at radius 1 is 0.933 bits per heavy atom. The van der Waals surface area contributed by atoms with Crippen LogP contribution >= 0.6 is 11.3 Å². The number of nitro benzene ring substituents is 1. The van der Waals surface area contributed by atoms with Crippen molar-refractivity contribution < 1.29 is 22.9 Å². The molecule has 10 nitrogen and oxygen atoms in total. The molecule has 3 rings (SSSR count). The third-order valence-electron chi connectivity index (χ3n) is 3.78. The first kappa shape index (κ1) is 21.0. The van der Waals surface area contributed by atoms with Crippen LogP contribution in [0.4, 0.5) is 11.4 Å². The van der Waals surface area contributed by atoms with Crippen molar-refractivity contribution in [2.45, 2.75) is 4.21 Å². The summed E-state index contributed by atoms with van der Waals surface area (Å²) < 4.78 is 27.3. The highest BCUT2D eigenvalue weighted by Gasteiger charge is 2.20. The highest BCUT2D eigenvalue weighted by atomic mass is 32.2. The lowest BCUT2D eigenvalue weighted by Gasteiger charge is -2.12. The van der Waals surface area contributed by atoms with Crippen molar-refractivity contribution in [2.24, 2.45) is 0 Å². The number of nitrogens with one attached hydrogen (secondary N) is 3. The summed E-state index contributed by atoms with van der Waals surface area (Å²) in [4.78, 5) is 34.8. The molecule has 2 amide bonds. The monoisotopic (exact) mass is 446 g/mol. The number of carbonyl (C=O) groups is 2. The van der Waals surface area contributed by atoms with Gasteiger partial charge in [-0.3, -0.25) is 35.3 Å². The maximum absolute atomic E-state index is 12.5. The van der Waals surface area contributed by atoms with Gasteiger partial charge in [0.05, 0.1) is 16.2 Å². The third-order valence-corrected chi connectivity index (χ3v) is 6.55. The molecule has 0 saturated carbocycles. The van der Waals surface area contributed by atoms with E-state index in [4.69, 9.17) is 0 Å². The maximum atomic E-state index is 12.5. The van der Waals surface area contributed by atoms with E-state index in [1.807, 2.05) is 0 Å². The van der Waals surface area contributed by atoms with Gasteiger partial charge in [0.2, 0.25) is 0 Å². The number of nitrogens with zero attached hydrogens (tertiary/aromatic N) is 1. The lowest BCUT2D eigenvalue weighted by molar-refractivity contribution is -0.384. The number of hydrazine groups is 1. The van der Waals surface area contributed by atoms with Crippen LogP contribution < -0.4 is 15.6 Å². The van der Waals surface area contributed by atoms with Crippen molar-refractivity contribution in [1.82, 2.24) is 10.9 Å². The Labute approximate surface area is 174 Å². The second kappa shape index (κ2) is 8.71. The molecule has 1 aromatic heterocycles. The first-order valence-electron chi connectivity index (χ1n) is 8.28. The van der Waals surface area contributed by atoms with Crippen LogP contribution in [0.3, 0.4) is 0 Å². The predicted octanol–water partition coefficient (Wildman–Crippen LogP) is 2.53. The van der Waals surface area contributed by atoms with Gasteiger partial charge in [0, 0.05) is 17.7 Å². The van der Waals surface area contributed by atoms with E-state index in [2.05, 4.69) is 15.6 Å². The van der Waals surface area contributed by atoms with Crippen LogP contribution in [-0.4, -0.2) is 25.2 Å². The second-order valence-electron chi connectivity index (χ2n) is 5.80. The molecule has 2 aromatic carbocycles. The molecule has 0 unspecified atom stereocenters. The molecule has 0 atom stereocenters. The number of para-hydroxylation sites is 1. The number of thiophene rings is 1. The van der Waals surface area contributed by atoms with Gasteiger partial charge in [0.15, 0.2) is 0 Å². The molecule has 0 aliphatic heterocycles. The Hall–Kier alpha value is -3.77. The molecule has 0 fully saturated rings. The van der Waals surface area contributed by atoms with E-state index in [1.54, 1.807) is 17.5 Å². The first-order chi connectivity index (χ1) is 14.3. The largest absolute Gasteiger partial charge is 0.278 e. The van der Waals surface area contributed by atoms with Gasteiger partial charge in [0.1, 0.15) is 4.21 Å². The fraction of sp³-hybridized carbons (Fsp3) is 0. The fourth-order valence-electron chi connectivity index (χ4n) is 2.40. The van der Waals surface area contributed by atoms with E-state index in [0.717, 1.165) is 17.4 Å². The van der Waals surface area contributed by atoms with Crippen LogP contribution in [-0.2, 0) is 10.0 Å². The van der Waals surface area contributed by atoms with Crippen molar-refractivity contribution in [3.63, 3.8) is 0 Å². The van der Waals surface area contributed by atoms with E-state index in [0.29, 0.717) is 0 Å².